The summed E-state index contributed by atoms with van der Waals surface area (Å²) < 4.78 is 5.42. The Hall–Kier alpha value is -5.73. The molecule has 2 nitrogen and oxygen atoms in total. The van der Waals surface area contributed by atoms with E-state index in [1.165, 1.54) is 59.2 Å². The molecule has 0 aliphatic heterocycles. The average molecular weight is 561 g/mol. The van der Waals surface area contributed by atoms with Crippen LogP contribution in [-0.2, 0) is 0 Å². The number of ketones is 1. The Morgan fingerprint density at radius 2 is 0.977 bits per heavy atom. The van der Waals surface area contributed by atoms with Crippen molar-refractivity contribution in [3.8, 4) is 16.9 Å². The number of ether oxygens (including phenoxy) is 1. The molecule has 10 rings (SSSR count). The summed E-state index contributed by atoms with van der Waals surface area (Å²) in [5.41, 5.74) is 3.43. The van der Waals surface area contributed by atoms with E-state index in [0.717, 1.165) is 38.6 Å². The number of rotatable bonds is 4. The van der Waals surface area contributed by atoms with Crippen molar-refractivity contribution in [3.63, 3.8) is 0 Å². The molecule has 0 atom stereocenters. The van der Waals surface area contributed by atoms with E-state index in [1.807, 2.05) is 24.3 Å². The van der Waals surface area contributed by atoms with Crippen molar-refractivity contribution in [1.29, 1.82) is 0 Å². The highest BCUT2D eigenvalue weighted by Gasteiger charge is 2.27. The van der Waals surface area contributed by atoms with Crippen LogP contribution in [0.2, 0.25) is 0 Å². The second kappa shape index (κ2) is 8.43. The van der Waals surface area contributed by atoms with Gasteiger partial charge in [-0.2, -0.15) is 0 Å². The van der Waals surface area contributed by atoms with Gasteiger partial charge in [0.1, 0.15) is 5.75 Å². The minimum absolute atomic E-state index is 0.0152. The van der Waals surface area contributed by atoms with Crippen molar-refractivity contribution >= 4 is 81.2 Å². The lowest BCUT2D eigenvalue weighted by molar-refractivity contribution is 0.104. The van der Waals surface area contributed by atoms with Crippen LogP contribution in [-0.4, -0.2) is 12.9 Å². The minimum Gasteiger partial charge on any atom is -0.497 e. The molecule has 0 fully saturated rings. The molecule has 10 aromatic rings. The maximum Gasteiger partial charge on any atom is 0.194 e. The normalized spacial score (nSPS) is 12.3. The highest BCUT2D eigenvalue weighted by atomic mass is 16.5. The zero-order valence-electron chi connectivity index (χ0n) is 23.9. The van der Waals surface area contributed by atoms with Gasteiger partial charge in [-0.05, 0) is 111 Å². The van der Waals surface area contributed by atoms with Crippen LogP contribution in [0, 0.1) is 0 Å². The van der Waals surface area contributed by atoms with E-state index in [4.69, 9.17) is 4.74 Å². The molecule has 0 aliphatic carbocycles. The van der Waals surface area contributed by atoms with Gasteiger partial charge in [-0.25, -0.2) is 0 Å². The van der Waals surface area contributed by atoms with Crippen molar-refractivity contribution in [2.45, 2.75) is 0 Å². The first-order valence-corrected chi connectivity index (χ1v) is 15.0. The second-order valence-electron chi connectivity index (χ2n) is 11.9. The summed E-state index contributed by atoms with van der Waals surface area (Å²) >= 11 is 0. The summed E-state index contributed by atoms with van der Waals surface area (Å²) in [6, 6.07) is 44.8. The predicted molar refractivity (Wildman–Crippen MR) is 184 cm³/mol. The molecule has 0 amide bonds. The smallest absolute Gasteiger partial charge is 0.194 e. The van der Waals surface area contributed by atoms with Gasteiger partial charge in [-0.3, -0.25) is 4.79 Å². The van der Waals surface area contributed by atoms with Gasteiger partial charge in [0.25, 0.3) is 0 Å². The molecular formula is C42H24O2. The Bertz CT molecular complexity index is 2740. The van der Waals surface area contributed by atoms with Crippen molar-refractivity contribution in [3.05, 3.63) is 139 Å². The summed E-state index contributed by atoms with van der Waals surface area (Å²) in [4.78, 5) is 14.9. The minimum atomic E-state index is 0.0152. The predicted octanol–water partition coefficient (Wildman–Crippen LogP) is 11.0. The molecule has 10 aromatic carbocycles. The first-order valence-electron chi connectivity index (χ1n) is 15.0. The van der Waals surface area contributed by atoms with Crippen LogP contribution in [0.5, 0.6) is 5.75 Å². The van der Waals surface area contributed by atoms with Gasteiger partial charge < -0.3 is 4.74 Å². The zero-order chi connectivity index (χ0) is 29.1. The third kappa shape index (κ3) is 2.97. The van der Waals surface area contributed by atoms with Crippen LogP contribution in [0.4, 0.5) is 0 Å². The van der Waals surface area contributed by atoms with E-state index in [1.54, 1.807) is 7.11 Å². The van der Waals surface area contributed by atoms with Crippen LogP contribution in [0.3, 0.4) is 0 Å². The van der Waals surface area contributed by atoms with Gasteiger partial charge in [0.15, 0.2) is 5.78 Å². The number of fused-ring (bicyclic) bond motifs is 1. The number of carbonyl (C=O) groups is 1. The van der Waals surface area contributed by atoms with Crippen molar-refractivity contribution in [2.24, 2.45) is 0 Å². The lowest BCUT2D eigenvalue weighted by atomic mass is 9.78. The Balaban J connectivity index is 1.47. The summed E-state index contributed by atoms with van der Waals surface area (Å²) in [6.07, 6.45) is 0. The Morgan fingerprint density at radius 3 is 1.59 bits per heavy atom. The number of carbonyl (C=O) groups excluding carboxylic acids is 1. The maximum atomic E-state index is 14.9. The highest BCUT2D eigenvalue weighted by Crippen LogP contribution is 2.52. The highest BCUT2D eigenvalue weighted by molar-refractivity contribution is 6.47. The fraction of sp³-hybridized carbons (Fsp3) is 0.0238. The number of hydrogen-bond acceptors (Lipinski definition) is 2. The molecule has 0 aliphatic rings. The summed E-state index contributed by atoms with van der Waals surface area (Å²) in [5, 5.41) is 16.9. The summed E-state index contributed by atoms with van der Waals surface area (Å²) in [6.45, 7) is 0. The lowest BCUT2D eigenvalue weighted by Crippen LogP contribution is -2.07. The average Bonchev–Trinajstić information content (AvgIpc) is 3.09. The molecule has 0 saturated carbocycles. The Morgan fingerprint density at radius 1 is 0.477 bits per heavy atom. The van der Waals surface area contributed by atoms with Crippen molar-refractivity contribution in [2.75, 3.05) is 7.11 Å². The Kier molecular flexibility index (Phi) is 4.56. The monoisotopic (exact) mass is 560 g/mol. The van der Waals surface area contributed by atoms with Crippen LogP contribution < -0.4 is 4.74 Å². The summed E-state index contributed by atoms with van der Waals surface area (Å²) in [5.74, 6) is 0.746. The number of methoxy groups -OCH3 is 1. The molecule has 2 heteroatoms. The van der Waals surface area contributed by atoms with E-state index in [2.05, 4.69) is 103 Å². The molecule has 0 heterocycles. The largest absolute Gasteiger partial charge is 0.497 e. The molecule has 0 bridgehead atoms. The van der Waals surface area contributed by atoms with Gasteiger partial charge in [-0.15, -0.1) is 0 Å². The van der Waals surface area contributed by atoms with Crippen LogP contribution >= 0.6 is 0 Å². The van der Waals surface area contributed by atoms with Gasteiger partial charge >= 0.3 is 0 Å². The SMILES string of the molecule is COc1ccc(C(=O)c2c(-c3ccc4ccccc4c3)c3ccc4ccc5ccc6ccc7ccc2c2c7c6c5c4c32)cc1. The number of hydrogen-bond donors (Lipinski definition) is 0. The zero-order valence-corrected chi connectivity index (χ0v) is 23.9. The molecule has 44 heavy (non-hydrogen) atoms. The first kappa shape index (κ1) is 23.8. The molecule has 0 radical (unpaired) electrons. The van der Waals surface area contributed by atoms with Gasteiger partial charge in [0.2, 0.25) is 0 Å². The third-order valence-corrected chi connectivity index (χ3v) is 9.79. The topological polar surface area (TPSA) is 26.3 Å². The van der Waals surface area contributed by atoms with Gasteiger partial charge in [0.05, 0.1) is 7.11 Å². The van der Waals surface area contributed by atoms with Crippen LogP contribution in [0.1, 0.15) is 15.9 Å². The van der Waals surface area contributed by atoms with E-state index in [9.17, 15) is 4.79 Å². The van der Waals surface area contributed by atoms with Gasteiger partial charge in [0, 0.05) is 16.7 Å². The standard InChI is InChI=1S/C42H24O2/c1-44-31-18-14-28(15-19-31)42(43)41-33-21-17-27-12-10-25-8-7-24-9-11-26-16-20-32(39-37(26)35(24)36(25)38(27)40(33)39)34(41)30-13-6-23-4-2-3-5-29(23)22-30/h2-22H,1H3. The van der Waals surface area contributed by atoms with Crippen molar-refractivity contribution in [1.82, 2.24) is 0 Å². The molecule has 204 valence electrons. The second-order valence-corrected chi connectivity index (χ2v) is 11.9. The van der Waals surface area contributed by atoms with Crippen LogP contribution in [0.25, 0.3) is 86.5 Å². The Labute approximate surface area is 252 Å². The molecule has 0 unspecified atom stereocenters. The fourth-order valence-electron chi connectivity index (χ4n) is 7.84. The lowest BCUT2D eigenvalue weighted by Gasteiger charge is -2.24. The van der Waals surface area contributed by atoms with E-state index < -0.39 is 0 Å². The van der Waals surface area contributed by atoms with Crippen molar-refractivity contribution < 1.29 is 9.53 Å². The third-order valence-electron chi connectivity index (χ3n) is 9.79. The summed E-state index contributed by atoms with van der Waals surface area (Å²) in [7, 11) is 1.65. The molecule has 0 saturated heterocycles. The molecule has 0 N–H and O–H groups in total. The van der Waals surface area contributed by atoms with Crippen LogP contribution in [0.15, 0.2) is 127 Å². The molecule has 0 spiro atoms. The maximum absolute atomic E-state index is 14.9. The van der Waals surface area contributed by atoms with E-state index in [0.29, 0.717) is 5.56 Å². The fourth-order valence-corrected chi connectivity index (χ4v) is 7.84. The molecular weight excluding hydrogens is 536 g/mol. The van der Waals surface area contributed by atoms with Gasteiger partial charge in [-0.1, -0.05) is 97.1 Å². The number of benzene rings is 10. The first-order chi connectivity index (χ1) is 21.7. The van der Waals surface area contributed by atoms with E-state index in [-0.39, 0.29) is 5.78 Å². The molecule has 0 aromatic heterocycles. The quantitative estimate of drug-likeness (QED) is 0.122. The van der Waals surface area contributed by atoms with E-state index >= 15 is 0 Å².